The summed E-state index contributed by atoms with van der Waals surface area (Å²) in [6.45, 7) is 4.40. The molecule has 0 aliphatic rings. The highest BCUT2D eigenvalue weighted by molar-refractivity contribution is 9.10. The number of ether oxygens (including phenoxy) is 2. The minimum Gasteiger partial charge on any atom is -0.490 e. The Balaban J connectivity index is 2.47. The highest BCUT2D eigenvalue weighted by Gasteiger charge is 2.01. The number of benzene rings is 1. The van der Waals surface area contributed by atoms with Crippen LogP contribution in [0.4, 0.5) is 0 Å². The molecule has 0 saturated carbocycles. The average Bonchev–Trinajstić information content (AvgIpc) is 2.26. The Hall–Kier alpha value is -0.580. The Morgan fingerprint density at radius 1 is 1.33 bits per heavy atom. The first-order valence-electron chi connectivity index (χ1n) is 4.97. The lowest BCUT2D eigenvalue weighted by molar-refractivity contribution is 0.110. The van der Waals surface area contributed by atoms with Crippen LogP contribution in [0, 0.1) is 0 Å². The SMILES string of the molecule is CCOCCOc1ccc(CN)cc1Br. The van der Waals surface area contributed by atoms with E-state index in [9.17, 15) is 0 Å². The molecule has 2 N–H and O–H groups in total. The van der Waals surface area contributed by atoms with E-state index < -0.39 is 0 Å². The van der Waals surface area contributed by atoms with Crippen molar-refractivity contribution in [2.75, 3.05) is 19.8 Å². The number of rotatable bonds is 6. The van der Waals surface area contributed by atoms with Gasteiger partial charge in [-0.1, -0.05) is 6.07 Å². The van der Waals surface area contributed by atoms with Gasteiger partial charge in [0.05, 0.1) is 11.1 Å². The van der Waals surface area contributed by atoms with Crippen LogP contribution in [0.15, 0.2) is 22.7 Å². The van der Waals surface area contributed by atoms with E-state index in [2.05, 4.69) is 15.9 Å². The van der Waals surface area contributed by atoms with Crippen molar-refractivity contribution in [1.82, 2.24) is 0 Å². The molecule has 4 heteroatoms. The van der Waals surface area contributed by atoms with Crippen molar-refractivity contribution < 1.29 is 9.47 Å². The van der Waals surface area contributed by atoms with Crippen molar-refractivity contribution in [3.8, 4) is 5.75 Å². The fraction of sp³-hybridized carbons (Fsp3) is 0.455. The van der Waals surface area contributed by atoms with Crippen LogP contribution in [0.5, 0.6) is 5.75 Å². The summed E-state index contributed by atoms with van der Waals surface area (Å²) in [5, 5.41) is 0. The molecule has 0 aliphatic heterocycles. The molecule has 0 atom stereocenters. The van der Waals surface area contributed by atoms with Crippen molar-refractivity contribution in [2.45, 2.75) is 13.5 Å². The molecule has 0 spiro atoms. The summed E-state index contributed by atoms with van der Waals surface area (Å²) in [6.07, 6.45) is 0. The van der Waals surface area contributed by atoms with Crippen molar-refractivity contribution in [3.63, 3.8) is 0 Å². The summed E-state index contributed by atoms with van der Waals surface area (Å²) in [7, 11) is 0. The van der Waals surface area contributed by atoms with E-state index in [1.54, 1.807) is 0 Å². The summed E-state index contributed by atoms with van der Waals surface area (Å²) < 4.78 is 11.6. The maximum absolute atomic E-state index is 5.53. The maximum Gasteiger partial charge on any atom is 0.133 e. The summed E-state index contributed by atoms with van der Waals surface area (Å²) in [5.41, 5.74) is 6.61. The lowest BCUT2D eigenvalue weighted by atomic mass is 10.2. The van der Waals surface area contributed by atoms with Gasteiger partial charge in [-0.3, -0.25) is 0 Å². The zero-order chi connectivity index (χ0) is 11.1. The van der Waals surface area contributed by atoms with Crippen LogP contribution in [-0.4, -0.2) is 19.8 Å². The number of hydrogen-bond donors (Lipinski definition) is 1. The molecule has 1 rings (SSSR count). The molecule has 0 saturated heterocycles. The van der Waals surface area contributed by atoms with Gasteiger partial charge in [-0.05, 0) is 40.5 Å². The Morgan fingerprint density at radius 2 is 2.13 bits per heavy atom. The first-order valence-corrected chi connectivity index (χ1v) is 5.76. The lowest BCUT2D eigenvalue weighted by Crippen LogP contribution is -2.06. The van der Waals surface area contributed by atoms with Gasteiger partial charge >= 0.3 is 0 Å². The highest BCUT2D eigenvalue weighted by Crippen LogP contribution is 2.25. The van der Waals surface area contributed by atoms with Crippen LogP contribution >= 0.6 is 15.9 Å². The Bertz CT molecular complexity index is 305. The Kier molecular flexibility index (Phi) is 5.68. The van der Waals surface area contributed by atoms with E-state index in [1.165, 1.54) is 0 Å². The van der Waals surface area contributed by atoms with Gasteiger partial charge in [0.1, 0.15) is 12.4 Å². The smallest absolute Gasteiger partial charge is 0.133 e. The van der Waals surface area contributed by atoms with E-state index in [-0.39, 0.29) is 0 Å². The predicted molar refractivity (Wildman–Crippen MR) is 64.0 cm³/mol. The number of hydrogen-bond acceptors (Lipinski definition) is 3. The number of halogens is 1. The zero-order valence-electron chi connectivity index (χ0n) is 8.83. The highest BCUT2D eigenvalue weighted by atomic mass is 79.9. The molecule has 84 valence electrons. The third kappa shape index (κ3) is 4.20. The molecular weight excluding hydrogens is 258 g/mol. The zero-order valence-corrected chi connectivity index (χ0v) is 10.4. The Labute approximate surface area is 98.7 Å². The third-order valence-corrected chi connectivity index (χ3v) is 2.54. The van der Waals surface area contributed by atoms with Gasteiger partial charge in [0.2, 0.25) is 0 Å². The van der Waals surface area contributed by atoms with E-state index in [1.807, 2.05) is 25.1 Å². The predicted octanol–water partition coefficient (Wildman–Crippen LogP) is 2.32. The summed E-state index contributed by atoms with van der Waals surface area (Å²) in [5.74, 6) is 0.826. The fourth-order valence-electron chi connectivity index (χ4n) is 1.14. The number of nitrogens with two attached hydrogens (primary N) is 1. The molecule has 1 aromatic carbocycles. The molecule has 3 nitrogen and oxygen atoms in total. The Morgan fingerprint density at radius 3 is 2.73 bits per heavy atom. The van der Waals surface area contributed by atoms with Gasteiger partial charge in [0.25, 0.3) is 0 Å². The monoisotopic (exact) mass is 273 g/mol. The first-order chi connectivity index (χ1) is 7.27. The summed E-state index contributed by atoms with van der Waals surface area (Å²) in [6, 6.07) is 5.84. The van der Waals surface area contributed by atoms with Crippen LogP contribution in [0.1, 0.15) is 12.5 Å². The second-order valence-electron chi connectivity index (χ2n) is 3.01. The van der Waals surface area contributed by atoms with E-state index in [4.69, 9.17) is 15.2 Å². The van der Waals surface area contributed by atoms with Crippen LogP contribution in [0.25, 0.3) is 0 Å². The van der Waals surface area contributed by atoms with Crippen molar-refractivity contribution in [3.05, 3.63) is 28.2 Å². The molecular formula is C11H16BrNO2. The van der Waals surface area contributed by atoms with Crippen LogP contribution in [0.2, 0.25) is 0 Å². The minimum atomic E-state index is 0.540. The largest absolute Gasteiger partial charge is 0.490 e. The summed E-state index contributed by atoms with van der Waals surface area (Å²) in [4.78, 5) is 0. The molecule has 1 aromatic rings. The third-order valence-electron chi connectivity index (χ3n) is 1.92. The molecule has 15 heavy (non-hydrogen) atoms. The lowest BCUT2D eigenvalue weighted by Gasteiger charge is -2.09. The van der Waals surface area contributed by atoms with Crippen LogP contribution in [0.3, 0.4) is 0 Å². The second-order valence-corrected chi connectivity index (χ2v) is 3.87. The maximum atomic E-state index is 5.53. The van der Waals surface area contributed by atoms with E-state index in [0.29, 0.717) is 19.8 Å². The molecule has 0 heterocycles. The van der Waals surface area contributed by atoms with Crippen molar-refractivity contribution in [2.24, 2.45) is 5.73 Å². The molecule has 0 fully saturated rings. The van der Waals surface area contributed by atoms with Gasteiger partial charge in [0.15, 0.2) is 0 Å². The first kappa shape index (κ1) is 12.5. The van der Waals surface area contributed by atoms with Crippen LogP contribution in [-0.2, 0) is 11.3 Å². The second kappa shape index (κ2) is 6.82. The minimum absolute atomic E-state index is 0.540. The standard InChI is InChI=1S/C11H16BrNO2/c1-2-14-5-6-15-11-4-3-9(8-13)7-10(11)12/h3-4,7H,2,5-6,8,13H2,1H3. The van der Waals surface area contributed by atoms with Gasteiger partial charge in [0, 0.05) is 13.2 Å². The average molecular weight is 274 g/mol. The molecule has 0 bridgehead atoms. The van der Waals surface area contributed by atoms with Gasteiger partial charge in [-0.25, -0.2) is 0 Å². The quantitative estimate of drug-likeness (QED) is 0.810. The van der Waals surface area contributed by atoms with E-state index in [0.717, 1.165) is 22.4 Å². The topological polar surface area (TPSA) is 44.5 Å². The molecule has 0 radical (unpaired) electrons. The normalized spacial score (nSPS) is 10.3. The van der Waals surface area contributed by atoms with Crippen LogP contribution < -0.4 is 10.5 Å². The molecule has 0 aromatic heterocycles. The van der Waals surface area contributed by atoms with E-state index >= 15 is 0 Å². The fourth-order valence-corrected chi connectivity index (χ4v) is 1.68. The van der Waals surface area contributed by atoms with Gasteiger partial charge in [-0.15, -0.1) is 0 Å². The molecule has 0 amide bonds. The molecule has 0 aliphatic carbocycles. The van der Waals surface area contributed by atoms with Crippen molar-refractivity contribution in [1.29, 1.82) is 0 Å². The van der Waals surface area contributed by atoms with Gasteiger partial charge < -0.3 is 15.2 Å². The van der Waals surface area contributed by atoms with Gasteiger partial charge in [-0.2, -0.15) is 0 Å². The summed E-state index contributed by atoms with van der Waals surface area (Å²) >= 11 is 3.44. The van der Waals surface area contributed by atoms with Crippen molar-refractivity contribution >= 4 is 15.9 Å². The molecule has 0 unspecified atom stereocenters.